The molecule has 1 rings (SSSR count). The Morgan fingerprint density at radius 2 is 2.06 bits per heavy atom. The van der Waals surface area contributed by atoms with Crippen LogP contribution in [0.2, 0.25) is 0 Å². The Hall–Kier alpha value is -0.390. The van der Waals surface area contributed by atoms with Gasteiger partial charge in [-0.2, -0.15) is 0 Å². The fourth-order valence-electron chi connectivity index (χ4n) is 1.27. The van der Waals surface area contributed by atoms with Gasteiger partial charge in [-0.1, -0.05) is 28.1 Å². The van der Waals surface area contributed by atoms with Gasteiger partial charge < -0.3 is 10.1 Å². The molecule has 0 radical (unpaired) electrons. The van der Waals surface area contributed by atoms with Gasteiger partial charge in [-0.05, 0) is 34.5 Å². The van der Waals surface area contributed by atoms with E-state index in [1.807, 2.05) is 18.2 Å². The summed E-state index contributed by atoms with van der Waals surface area (Å²) in [5.74, 6) is -0.0574. The van der Waals surface area contributed by atoms with Gasteiger partial charge in [0.15, 0.2) is 0 Å². The van der Waals surface area contributed by atoms with Crippen LogP contribution in [0.15, 0.2) is 28.7 Å². The van der Waals surface area contributed by atoms with Crippen molar-refractivity contribution in [2.75, 3.05) is 25.1 Å². The maximum absolute atomic E-state index is 11.8. The molecule has 94 valence electrons. The van der Waals surface area contributed by atoms with E-state index in [1.54, 1.807) is 6.07 Å². The number of amides is 1. The van der Waals surface area contributed by atoms with Gasteiger partial charge in [-0.15, -0.1) is 0 Å². The second-order valence-corrected chi connectivity index (χ2v) is 5.04. The van der Waals surface area contributed by atoms with E-state index in [1.165, 1.54) is 0 Å². The third-order valence-corrected chi connectivity index (χ3v) is 3.11. The minimum absolute atomic E-state index is 0.0574. The van der Waals surface area contributed by atoms with E-state index in [0.29, 0.717) is 25.3 Å². The highest BCUT2D eigenvalue weighted by Gasteiger charge is 2.07. The Balaban J connectivity index is 2.24. The van der Waals surface area contributed by atoms with Crippen LogP contribution in [-0.2, 0) is 4.74 Å². The van der Waals surface area contributed by atoms with E-state index >= 15 is 0 Å². The summed E-state index contributed by atoms with van der Waals surface area (Å²) < 4.78 is 6.10. The van der Waals surface area contributed by atoms with Crippen molar-refractivity contribution in [2.24, 2.45) is 0 Å². The van der Waals surface area contributed by atoms with Gasteiger partial charge in [-0.25, -0.2) is 0 Å². The van der Waals surface area contributed by atoms with Crippen LogP contribution in [0.3, 0.4) is 0 Å². The number of ether oxygens (including phenoxy) is 1. The maximum Gasteiger partial charge on any atom is 0.252 e. The van der Waals surface area contributed by atoms with Crippen LogP contribution in [0.1, 0.15) is 16.8 Å². The molecule has 0 unspecified atom stereocenters. The topological polar surface area (TPSA) is 38.3 Å². The molecule has 0 bridgehead atoms. The van der Waals surface area contributed by atoms with Crippen molar-refractivity contribution < 1.29 is 9.53 Å². The molecule has 1 N–H and O–H groups in total. The molecule has 0 saturated heterocycles. The maximum atomic E-state index is 11.8. The first kappa shape index (κ1) is 14.7. The fourth-order valence-corrected chi connectivity index (χ4v) is 1.97. The lowest BCUT2D eigenvalue weighted by molar-refractivity contribution is 0.0944. The number of alkyl halides is 1. The molecular weight excluding hydrogens is 350 g/mol. The van der Waals surface area contributed by atoms with Crippen LogP contribution in [0.4, 0.5) is 0 Å². The predicted molar refractivity (Wildman–Crippen MR) is 75.7 cm³/mol. The number of rotatable bonds is 7. The standard InChI is InChI=1S/C12H15Br2NO2/c13-6-9-17-8-3-7-15-12(16)10-4-1-2-5-11(10)14/h1-2,4-5H,3,6-9H2,(H,15,16). The summed E-state index contributed by atoms with van der Waals surface area (Å²) in [6.45, 7) is 2.00. The van der Waals surface area contributed by atoms with Crippen molar-refractivity contribution in [2.45, 2.75) is 6.42 Å². The summed E-state index contributed by atoms with van der Waals surface area (Å²) >= 11 is 6.63. The zero-order chi connectivity index (χ0) is 12.5. The largest absolute Gasteiger partial charge is 0.381 e. The fraction of sp³-hybridized carbons (Fsp3) is 0.417. The molecule has 1 amide bonds. The van der Waals surface area contributed by atoms with Crippen molar-refractivity contribution in [3.05, 3.63) is 34.3 Å². The third kappa shape index (κ3) is 5.66. The van der Waals surface area contributed by atoms with Crippen molar-refractivity contribution >= 4 is 37.8 Å². The predicted octanol–water partition coefficient (Wildman–Crippen LogP) is 2.98. The van der Waals surface area contributed by atoms with Crippen molar-refractivity contribution in [1.29, 1.82) is 0 Å². The van der Waals surface area contributed by atoms with Gasteiger partial charge >= 0.3 is 0 Å². The van der Waals surface area contributed by atoms with Crippen LogP contribution in [-0.4, -0.2) is 31.0 Å². The van der Waals surface area contributed by atoms with Crippen molar-refractivity contribution in [1.82, 2.24) is 5.32 Å². The van der Waals surface area contributed by atoms with Crippen LogP contribution in [0.5, 0.6) is 0 Å². The molecule has 0 saturated carbocycles. The molecule has 5 heteroatoms. The van der Waals surface area contributed by atoms with E-state index in [9.17, 15) is 4.79 Å². The average molecular weight is 365 g/mol. The van der Waals surface area contributed by atoms with E-state index < -0.39 is 0 Å². The van der Waals surface area contributed by atoms with E-state index in [2.05, 4.69) is 37.2 Å². The minimum atomic E-state index is -0.0574. The number of hydrogen-bond acceptors (Lipinski definition) is 2. The molecule has 0 aromatic heterocycles. The number of hydrogen-bond donors (Lipinski definition) is 1. The Morgan fingerprint density at radius 3 is 2.76 bits per heavy atom. The van der Waals surface area contributed by atoms with Crippen LogP contribution in [0.25, 0.3) is 0 Å². The van der Waals surface area contributed by atoms with Gasteiger partial charge in [0.25, 0.3) is 5.91 Å². The Bertz CT molecular complexity index is 358. The SMILES string of the molecule is O=C(NCCCOCCBr)c1ccccc1Br. The number of nitrogens with one attached hydrogen (secondary N) is 1. The summed E-state index contributed by atoms with van der Waals surface area (Å²) in [6, 6.07) is 7.38. The lowest BCUT2D eigenvalue weighted by Crippen LogP contribution is -2.25. The molecule has 17 heavy (non-hydrogen) atoms. The zero-order valence-electron chi connectivity index (χ0n) is 9.42. The molecule has 0 aliphatic carbocycles. The molecular formula is C12H15Br2NO2. The highest BCUT2D eigenvalue weighted by Crippen LogP contribution is 2.15. The molecule has 0 aliphatic heterocycles. The highest BCUT2D eigenvalue weighted by molar-refractivity contribution is 9.10. The Morgan fingerprint density at radius 1 is 1.29 bits per heavy atom. The molecule has 1 aromatic carbocycles. The normalized spacial score (nSPS) is 10.2. The second kappa shape index (κ2) is 8.66. The Kier molecular flexibility index (Phi) is 7.48. The molecule has 0 heterocycles. The first-order valence-electron chi connectivity index (χ1n) is 5.42. The van der Waals surface area contributed by atoms with Gasteiger partial charge in [0.05, 0.1) is 12.2 Å². The van der Waals surface area contributed by atoms with Crippen LogP contribution >= 0.6 is 31.9 Å². The number of carbonyl (C=O) groups is 1. The quantitative estimate of drug-likeness (QED) is 0.596. The molecule has 1 aromatic rings. The lowest BCUT2D eigenvalue weighted by atomic mass is 10.2. The number of halogens is 2. The zero-order valence-corrected chi connectivity index (χ0v) is 12.6. The minimum Gasteiger partial charge on any atom is -0.381 e. The summed E-state index contributed by atoms with van der Waals surface area (Å²) in [7, 11) is 0. The Labute approximate surface area is 118 Å². The lowest BCUT2D eigenvalue weighted by Gasteiger charge is -2.06. The first-order valence-corrected chi connectivity index (χ1v) is 7.33. The van der Waals surface area contributed by atoms with E-state index in [-0.39, 0.29) is 5.91 Å². The monoisotopic (exact) mass is 363 g/mol. The molecule has 0 fully saturated rings. The van der Waals surface area contributed by atoms with Crippen LogP contribution in [0, 0.1) is 0 Å². The summed E-state index contributed by atoms with van der Waals surface area (Å²) in [6.07, 6.45) is 0.823. The molecule has 0 atom stereocenters. The first-order chi connectivity index (χ1) is 8.25. The van der Waals surface area contributed by atoms with Gasteiger partial charge in [0, 0.05) is 23.0 Å². The van der Waals surface area contributed by atoms with E-state index in [4.69, 9.17) is 4.74 Å². The third-order valence-electron chi connectivity index (χ3n) is 2.09. The van der Waals surface area contributed by atoms with Crippen molar-refractivity contribution in [3.8, 4) is 0 Å². The summed E-state index contributed by atoms with van der Waals surface area (Å²) in [5.41, 5.74) is 0.661. The van der Waals surface area contributed by atoms with Crippen LogP contribution < -0.4 is 5.32 Å². The van der Waals surface area contributed by atoms with Gasteiger partial charge in [0.2, 0.25) is 0 Å². The smallest absolute Gasteiger partial charge is 0.252 e. The number of carbonyl (C=O) groups excluding carboxylic acids is 1. The van der Waals surface area contributed by atoms with E-state index in [0.717, 1.165) is 16.2 Å². The van der Waals surface area contributed by atoms with Crippen molar-refractivity contribution in [3.63, 3.8) is 0 Å². The van der Waals surface area contributed by atoms with Gasteiger partial charge in [0.1, 0.15) is 0 Å². The summed E-state index contributed by atoms with van der Waals surface area (Å²) in [5, 5.41) is 3.70. The molecule has 0 spiro atoms. The number of benzene rings is 1. The molecule has 3 nitrogen and oxygen atoms in total. The highest BCUT2D eigenvalue weighted by atomic mass is 79.9. The molecule has 0 aliphatic rings. The summed E-state index contributed by atoms with van der Waals surface area (Å²) in [4.78, 5) is 11.8. The van der Waals surface area contributed by atoms with Gasteiger partial charge in [-0.3, -0.25) is 4.79 Å². The second-order valence-electron chi connectivity index (χ2n) is 3.39. The average Bonchev–Trinajstić information content (AvgIpc) is 2.34.